The molecule has 5 heteroatoms. The highest BCUT2D eigenvalue weighted by Gasteiger charge is 2.30. The van der Waals surface area contributed by atoms with Crippen molar-refractivity contribution in [3.63, 3.8) is 0 Å². The second-order valence-corrected chi connectivity index (χ2v) is 6.62. The van der Waals surface area contributed by atoms with Gasteiger partial charge in [0.1, 0.15) is 0 Å². The summed E-state index contributed by atoms with van der Waals surface area (Å²) in [6.07, 6.45) is 1.87. The molecular weight excluding hydrogens is 347 g/mol. The van der Waals surface area contributed by atoms with Crippen LogP contribution in [-0.4, -0.2) is 0 Å². The number of halogens is 4. The summed E-state index contributed by atoms with van der Waals surface area (Å²) in [4.78, 5) is 0. The van der Waals surface area contributed by atoms with Crippen molar-refractivity contribution >= 4 is 12.4 Å². The minimum Gasteiger partial charge on any atom is -0.324 e. The highest BCUT2D eigenvalue weighted by atomic mass is 35.5. The molecule has 2 N–H and O–H groups in total. The van der Waals surface area contributed by atoms with E-state index in [-0.39, 0.29) is 18.4 Å². The van der Waals surface area contributed by atoms with Crippen LogP contribution in [0.5, 0.6) is 0 Å². The normalized spacial score (nSPS) is 17.0. The number of hydrogen-bond acceptors (Lipinski definition) is 1. The molecule has 0 heterocycles. The van der Waals surface area contributed by atoms with Crippen molar-refractivity contribution in [3.8, 4) is 11.1 Å². The second-order valence-electron chi connectivity index (χ2n) is 6.62. The van der Waals surface area contributed by atoms with Gasteiger partial charge in [0.2, 0.25) is 0 Å². The molecule has 2 aromatic rings. The van der Waals surface area contributed by atoms with Gasteiger partial charge in [0, 0.05) is 6.04 Å². The second kappa shape index (κ2) is 8.24. The lowest BCUT2D eigenvalue weighted by Gasteiger charge is -2.27. The van der Waals surface area contributed by atoms with E-state index < -0.39 is 11.7 Å². The number of rotatable bonds is 3. The Morgan fingerprint density at radius 1 is 0.800 bits per heavy atom. The molecule has 3 rings (SSSR count). The maximum atomic E-state index is 12.6. The summed E-state index contributed by atoms with van der Waals surface area (Å²) in [5, 5.41) is 0. The van der Waals surface area contributed by atoms with Crippen molar-refractivity contribution in [2.75, 3.05) is 0 Å². The molecule has 1 nitrogen and oxygen atoms in total. The fourth-order valence-electron chi connectivity index (χ4n) is 3.51. The summed E-state index contributed by atoms with van der Waals surface area (Å²) in [7, 11) is 0. The van der Waals surface area contributed by atoms with Crippen LogP contribution in [0.1, 0.15) is 49.3 Å². The van der Waals surface area contributed by atoms with Crippen molar-refractivity contribution in [1.29, 1.82) is 0 Å². The fourth-order valence-corrected chi connectivity index (χ4v) is 3.51. The third-order valence-corrected chi connectivity index (χ3v) is 5.00. The van der Waals surface area contributed by atoms with E-state index in [1.807, 2.05) is 24.3 Å². The van der Waals surface area contributed by atoms with Crippen LogP contribution in [0.15, 0.2) is 48.5 Å². The molecule has 0 radical (unpaired) electrons. The number of hydrogen-bond donors (Lipinski definition) is 1. The summed E-state index contributed by atoms with van der Waals surface area (Å²) in [6.45, 7) is 0. The Balaban J connectivity index is 0.00000225. The molecule has 1 aliphatic rings. The zero-order chi connectivity index (χ0) is 17.2. The van der Waals surface area contributed by atoms with Gasteiger partial charge in [0.05, 0.1) is 5.56 Å². The van der Waals surface area contributed by atoms with Crippen molar-refractivity contribution in [2.45, 2.75) is 44.3 Å². The molecule has 0 spiro atoms. The van der Waals surface area contributed by atoms with E-state index >= 15 is 0 Å². The van der Waals surface area contributed by atoms with Gasteiger partial charge in [-0.3, -0.25) is 0 Å². The lowest BCUT2D eigenvalue weighted by atomic mass is 9.81. The first-order chi connectivity index (χ1) is 11.4. The Morgan fingerprint density at radius 2 is 1.28 bits per heavy atom. The summed E-state index contributed by atoms with van der Waals surface area (Å²) >= 11 is 0. The van der Waals surface area contributed by atoms with E-state index in [2.05, 4.69) is 0 Å². The summed E-state index contributed by atoms with van der Waals surface area (Å²) in [5.74, 6) is 0.538. The number of alkyl halides is 3. The van der Waals surface area contributed by atoms with Crippen LogP contribution in [0.25, 0.3) is 11.1 Å². The van der Waals surface area contributed by atoms with E-state index in [0.717, 1.165) is 28.8 Å². The Bertz CT molecular complexity index is 659. The third kappa shape index (κ3) is 4.77. The van der Waals surface area contributed by atoms with Gasteiger partial charge in [-0.05, 0) is 47.6 Å². The lowest BCUT2D eigenvalue weighted by molar-refractivity contribution is -0.137. The summed E-state index contributed by atoms with van der Waals surface area (Å²) < 4.78 is 37.9. The Morgan fingerprint density at radius 3 is 1.76 bits per heavy atom. The maximum absolute atomic E-state index is 12.6. The predicted octanol–water partition coefficient (Wildman–Crippen LogP) is 6.37. The molecule has 0 unspecified atom stereocenters. The highest BCUT2D eigenvalue weighted by molar-refractivity contribution is 5.85. The SMILES string of the molecule is Cl.N[C@H](c1ccc(-c2ccc(C(F)(F)F)cc2)cc1)C1CCCCC1. The molecule has 136 valence electrons. The lowest BCUT2D eigenvalue weighted by Crippen LogP contribution is -2.23. The molecule has 25 heavy (non-hydrogen) atoms. The zero-order valence-electron chi connectivity index (χ0n) is 13.9. The van der Waals surface area contributed by atoms with E-state index in [0.29, 0.717) is 5.92 Å². The Kier molecular flexibility index (Phi) is 6.53. The van der Waals surface area contributed by atoms with Gasteiger partial charge in [0.25, 0.3) is 0 Å². The van der Waals surface area contributed by atoms with Gasteiger partial charge >= 0.3 is 6.18 Å². The average molecular weight is 370 g/mol. The third-order valence-electron chi connectivity index (χ3n) is 5.00. The highest BCUT2D eigenvalue weighted by Crippen LogP contribution is 2.34. The van der Waals surface area contributed by atoms with Gasteiger partial charge in [-0.25, -0.2) is 0 Å². The minimum atomic E-state index is -4.30. The summed E-state index contributed by atoms with van der Waals surface area (Å²) in [5.41, 5.74) is 8.57. The first kappa shape index (κ1) is 19.8. The molecule has 1 saturated carbocycles. The molecule has 1 atom stereocenters. The van der Waals surface area contributed by atoms with Gasteiger partial charge < -0.3 is 5.73 Å². The Hall–Kier alpha value is -1.52. The van der Waals surface area contributed by atoms with Crippen LogP contribution in [-0.2, 0) is 6.18 Å². The average Bonchev–Trinajstić information content (AvgIpc) is 2.61. The number of benzene rings is 2. The van der Waals surface area contributed by atoms with Crippen LogP contribution >= 0.6 is 12.4 Å². The molecule has 1 aliphatic carbocycles. The van der Waals surface area contributed by atoms with Crippen molar-refractivity contribution in [3.05, 3.63) is 59.7 Å². The standard InChI is InChI=1S/C20H22F3N.ClH/c21-20(22,23)18-12-10-15(11-13-18)14-6-8-17(9-7-14)19(24)16-4-2-1-3-5-16;/h6-13,16,19H,1-5,24H2;1H/t19-;/m0./s1. The van der Waals surface area contributed by atoms with E-state index in [9.17, 15) is 13.2 Å². The number of nitrogens with two attached hydrogens (primary N) is 1. The topological polar surface area (TPSA) is 26.0 Å². The van der Waals surface area contributed by atoms with Crippen molar-refractivity contribution in [1.82, 2.24) is 0 Å². The molecular formula is C20H23ClF3N. The monoisotopic (exact) mass is 369 g/mol. The van der Waals surface area contributed by atoms with Crippen LogP contribution in [0.2, 0.25) is 0 Å². The molecule has 1 fully saturated rings. The predicted molar refractivity (Wildman–Crippen MR) is 97.6 cm³/mol. The molecule has 2 aromatic carbocycles. The molecule has 0 aliphatic heterocycles. The fraction of sp³-hybridized carbons (Fsp3) is 0.400. The minimum absolute atomic E-state index is 0. The first-order valence-corrected chi connectivity index (χ1v) is 8.48. The van der Waals surface area contributed by atoms with Crippen molar-refractivity contribution < 1.29 is 13.2 Å². The van der Waals surface area contributed by atoms with Crippen LogP contribution in [0.3, 0.4) is 0 Å². The largest absolute Gasteiger partial charge is 0.416 e. The van der Waals surface area contributed by atoms with Gasteiger partial charge in [-0.15, -0.1) is 12.4 Å². The quantitative estimate of drug-likeness (QED) is 0.667. The molecule has 0 aromatic heterocycles. The van der Waals surface area contributed by atoms with E-state index in [4.69, 9.17) is 5.73 Å². The van der Waals surface area contributed by atoms with Gasteiger partial charge in [-0.1, -0.05) is 55.7 Å². The smallest absolute Gasteiger partial charge is 0.324 e. The first-order valence-electron chi connectivity index (χ1n) is 8.48. The zero-order valence-corrected chi connectivity index (χ0v) is 14.7. The van der Waals surface area contributed by atoms with E-state index in [1.165, 1.54) is 44.2 Å². The maximum Gasteiger partial charge on any atom is 0.416 e. The van der Waals surface area contributed by atoms with Gasteiger partial charge in [-0.2, -0.15) is 13.2 Å². The van der Waals surface area contributed by atoms with Gasteiger partial charge in [0.15, 0.2) is 0 Å². The van der Waals surface area contributed by atoms with Crippen LogP contribution in [0, 0.1) is 5.92 Å². The summed E-state index contributed by atoms with van der Waals surface area (Å²) in [6, 6.07) is 13.2. The van der Waals surface area contributed by atoms with Crippen LogP contribution in [0.4, 0.5) is 13.2 Å². The van der Waals surface area contributed by atoms with Crippen LogP contribution < -0.4 is 5.73 Å². The Labute approximate surface area is 152 Å². The van der Waals surface area contributed by atoms with Crippen molar-refractivity contribution in [2.24, 2.45) is 11.7 Å². The molecule has 0 amide bonds. The molecule has 0 bridgehead atoms. The molecule has 0 saturated heterocycles. The van der Waals surface area contributed by atoms with E-state index in [1.54, 1.807) is 0 Å².